The quantitative estimate of drug-likeness (QED) is 0.608. The normalized spacial score (nSPS) is 10.7. The van der Waals surface area contributed by atoms with E-state index in [-0.39, 0.29) is 0 Å². The second-order valence-electron chi connectivity index (χ2n) is 2.79. The molecule has 2 aromatic rings. The number of thioether (sulfide) groups is 1. The topological polar surface area (TPSA) is 17.1 Å². The number of fused-ring (bicyclic) bond motifs is 1. The van der Waals surface area contributed by atoms with Gasteiger partial charge in [-0.3, -0.25) is 4.79 Å². The van der Waals surface area contributed by atoms with Crippen LogP contribution in [-0.4, -0.2) is 12.5 Å². The summed E-state index contributed by atoms with van der Waals surface area (Å²) in [6.45, 7) is 0. The average Bonchev–Trinajstić information content (AvgIpc) is 2.58. The molecule has 0 aliphatic carbocycles. The van der Waals surface area contributed by atoms with E-state index >= 15 is 0 Å². The largest absolute Gasteiger partial charge is 0.298 e. The summed E-state index contributed by atoms with van der Waals surface area (Å²) in [6.07, 6.45) is 2.93. The molecule has 0 saturated heterocycles. The maximum atomic E-state index is 10.8. The van der Waals surface area contributed by atoms with Gasteiger partial charge >= 0.3 is 0 Å². The fourth-order valence-electron chi connectivity index (χ4n) is 1.29. The first kappa shape index (κ1) is 10.2. The molecule has 0 unspecified atom stereocenters. The zero-order chi connectivity index (χ0) is 10.1. The Hall–Kier alpha value is -0.320. The molecule has 0 saturated carbocycles. The molecule has 1 aromatic heterocycles. The van der Waals surface area contributed by atoms with Crippen LogP contribution >= 0.6 is 39.0 Å². The van der Waals surface area contributed by atoms with Crippen molar-refractivity contribution in [2.24, 2.45) is 0 Å². The molecule has 0 amide bonds. The lowest BCUT2D eigenvalue weighted by Crippen LogP contribution is -1.81. The van der Waals surface area contributed by atoms with E-state index in [4.69, 9.17) is 0 Å². The monoisotopic (exact) mass is 286 g/mol. The molecule has 1 aromatic carbocycles. The third-order valence-corrected chi connectivity index (χ3v) is 4.56. The number of rotatable bonds is 2. The standard InChI is InChI=1S/C10H7BrOS2/c1-13-10-5-14-9-3-8(11)6(4-12)2-7(9)10/h2-5H,1H3. The molecule has 0 N–H and O–H groups in total. The molecule has 0 spiro atoms. The molecule has 1 nitrogen and oxygen atoms in total. The van der Waals surface area contributed by atoms with Crippen LogP contribution < -0.4 is 0 Å². The van der Waals surface area contributed by atoms with Crippen molar-refractivity contribution < 1.29 is 4.79 Å². The summed E-state index contributed by atoms with van der Waals surface area (Å²) in [4.78, 5) is 12.0. The highest BCUT2D eigenvalue weighted by molar-refractivity contribution is 9.10. The molecular formula is C10H7BrOS2. The minimum absolute atomic E-state index is 0.714. The van der Waals surface area contributed by atoms with E-state index in [0.717, 1.165) is 10.8 Å². The second-order valence-corrected chi connectivity index (χ2v) is 5.41. The summed E-state index contributed by atoms with van der Waals surface area (Å²) in [7, 11) is 0. The minimum Gasteiger partial charge on any atom is -0.298 e. The third-order valence-electron chi connectivity index (χ3n) is 2.00. The molecule has 0 aliphatic rings. The van der Waals surface area contributed by atoms with Crippen molar-refractivity contribution in [3.63, 3.8) is 0 Å². The second kappa shape index (κ2) is 4.04. The summed E-state index contributed by atoms with van der Waals surface area (Å²) >= 11 is 6.79. The van der Waals surface area contributed by atoms with Crippen LogP contribution in [0.15, 0.2) is 26.9 Å². The molecule has 0 fully saturated rings. The summed E-state index contributed by atoms with van der Waals surface area (Å²) in [5, 5.41) is 3.30. The Bertz CT molecular complexity index is 490. The van der Waals surface area contributed by atoms with E-state index in [2.05, 4.69) is 21.3 Å². The van der Waals surface area contributed by atoms with E-state index < -0.39 is 0 Å². The molecule has 0 aliphatic heterocycles. The van der Waals surface area contributed by atoms with Gasteiger partial charge in [-0.05, 0) is 18.4 Å². The third kappa shape index (κ3) is 1.62. The predicted octanol–water partition coefficient (Wildman–Crippen LogP) is 4.20. The van der Waals surface area contributed by atoms with E-state index in [1.165, 1.54) is 15.0 Å². The van der Waals surface area contributed by atoms with Crippen molar-refractivity contribution >= 4 is 55.4 Å². The van der Waals surface area contributed by atoms with Crippen molar-refractivity contribution in [3.05, 3.63) is 27.5 Å². The van der Waals surface area contributed by atoms with Crippen LogP contribution in [0.2, 0.25) is 0 Å². The van der Waals surface area contributed by atoms with Crippen LogP contribution in [0.25, 0.3) is 10.1 Å². The van der Waals surface area contributed by atoms with Crippen LogP contribution in [-0.2, 0) is 0 Å². The first-order chi connectivity index (χ1) is 6.76. The maximum absolute atomic E-state index is 10.8. The van der Waals surface area contributed by atoms with Crippen LogP contribution in [0.3, 0.4) is 0 Å². The van der Waals surface area contributed by atoms with Crippen molar-refractivity contribution in [2.75, 3.05) is 6.26 Å². The molecule has 72 valence electrons. The Labute approximate surface area is 98.6 Å². The van der Waals surface area contributed by atoms with Crippen molar-refractivity contribution in [2.45, 2.75) is 4.90 Å². The van der Waals surface area contributed by atoms with Crippen LogP contribution in [0, 0.1) is 0 Å². The van der Waals surface area contributed by atoms with Gasteiger partial charge in [-0.25, -0.2) is 0 Å². The van der Waals surface area contributed by atoms with Crippen molar-refractivity contribution in [1.29, 1.82) is 0 Å². The van der Waals surface area contributed by atoms with Gasteiger partial charge < -0.3 is 0 Å². The predicted molar refractivity (Wildman–Crippen MR) is 66.7 cm³/mol. The SMILES string of the molecule is CSc1csc2cc(Br)c(C=O)cc12. The van der Waals surface area contributed by atoms with Gasteiger partial charge in [0.25, 0.3) is 0 Å². The average molecular weight is 287 g/mol. The van der Waals surface area contributed by atoms with Crippen LogP contribution in [0.4, 0.5) is 0 Å². The van der Waals surface area contributed by atoms with E-state index in [9.17, 15) is 4.79 Å². The number of carbonyl (C=O) groups excluding carboxylic acids is 1. The van der Waals surface area contributed by atoms with Gasteiger partial charge in [-0.1, -0.05) is 15.9 Å². The number of halogens is 1. The Morgan fingerprint density at radius 1 is 1.50 bits per heavy atom. The highest BCUT2D eigenvalue weighted by Crippen LogP contribution is 2.35. The molecule has 2 rings (SSSR count). The van der Waals surface area contributed by atoms with Crippen molar-refractivity contribution in [1.82, 2.24) is 0 Å². The zero-order valence-electron chi connectivity index (χ0n) is 7.41. The maximum Gasteiger partial charge on any atom is 0.151 e. The lowest BCUT2D eigenvalue weighted by Gasteiger charge is -1.98. The molecule has 0 bridgehead atoms. The lowest BCUT2D eigenvalue weighted by atomic mass is 10.2. The van der Waals surface area contributed by atoms with Gasteiger partial charge in [0.05, 0.1) is 0 Å². The summed E-state index contributed by atoms with van der Waals surface area (Å²) in [5.41, 5.74) is 0.714. The Kier molecular flexibility index (Phi) is 2.95. The summed E-state index contributed by atoms with van der Waals surface area (Å²) in [5.74, 6) is 0. The first-order valence-electron chi connectivity index (χ1n) is 3.96. The molecule has 0 atom stereocenters. The van der Waals surface area contributed by atoms with Crippen LogP contribution in [0.5, 0.6) is 0 Å². The van der Waals surface area contributed by atoms with Gasteiger partial charge in [-0.15, -0.1) is 23.1 Å². The Balaban J connectivity index is 2.76. The first-order valence-corrected chi connectivity index (χ1v) is 6.86. The van der Waals surface area contributed by atoms with E-state index in [1.807, 2.05) is 18.4 Å². The Morgan fingerprint density at radius 2 is 2.29 bits per heavy atom. The smallest absolute Gasteiger partial charge is 0.151 e. The van der Waals surface area contributed by atoms with Gasteiger partial charge in [0.2, 0.25) is 0 Å². The minimum atomic E-state index is 0.714. The molecule has 14 heavy (non-hydrogen) atoms. The summed E-state index contributed by atoms with van der Waals surface area (Å²) < 4.78 is 2.08. The number of hydrogen-bond donors (Lipinski definition) is 0. The Morgan fingerprint density at radius 3 is 2.93 bits per heavy atom. The number of hydrogen-bond acceptors (Lipinski definition) is 3. The fraction of sp³-hybridized carbons (Fsp3) is 0.100. The van der Waals surface area contributed by atoms with Gasteiger partial charge in [0, 0.05) is 30.4 Å². The molecule has 0 radical (unpaired) electrons. The van der Waals surface area contributed by atoms with E-state index in [0.29, 0.717) is 5.56 Å². The number of thiophene rings is 1. The highest BCUT2D eigenvalue weighted by Gasteiger charge is 2.07. The van der Waals surface area contributed by atoms with Gasteiger partial charge in [0.15, 0.2) is 6.29 Å². The zero-order valence-corrected chi connectivity index (χ0v) is 10.6. The number of aldehydes is 1. The number of carbonyl (C=O) groups is 1. The molecule has 1 heterocycles. The number of benzene rings is 1. The van der Waals surface area contributed by atoms with Crippen molar-refractivity contribution in [3.8, 4) is 0 Å². The van der Waals surface area contributed by atoms with E-state index in [1.54, 1.807) is 23.1 Å². The molecular weight excluding hydrogens is 280 g/mol. The highest BCUT2D eigenvalue weighted by atomic mass is 79.9. The van der Waals surface area contributed by atoms with Gasteiger partial charge in [0.1, 0.15) is 0 Å². The molecule has 4 heteroatoms. The lowest BCUT2D eigenvalue weighted by molar-refractivity contribution is 0.112. The van der Waals surface area contributed by atoms with Gasteiger partial charge in [-0.2, -0.15) is 0 Å². The fourth-order valence-corrected chi connectivity index (χ4v) is 3.70. The van der Waals surface area contributed by atoms with Crippen LogP contribution in [0.1, 0.15) is 10.4 Å². The summed E-state index contributed by atoms with van der Waals surface area (Å²) in [6, 6.07) is 3.94.